The topological polar surface area (TPSA) is 50.5 Å². The Morgan fingerprint density at radius 3 is 2.67 bits per heavy atom. The van der Waals surface area contributed by atoms with Crippen LogP contribution in [-0.4, -0.2) is 24.8 Å². The molecule has 0 aliphatic rings. The van der Waals surface area contributed by atoms with E-state index in [9.17, 15) is 9.59 Å². The van der Waals surface area contributed by atoms with Crippen LogP contribution in [0.3, 0.4) is 0 Å². The highest BCUT2D eigenvalue weighted by Crippen LogP contribution is 2.03. The second kappa shape index (κ2) is 4.59. The van der Waals surface area contributed by atoms with Crippen molar-refractivity contribution in [2.75, 3.05) is 14.1 Å². The Morgan fingerprint density at radius 2 is 2.13 bits per heavy atom. The number of ketones is 1. The number of hydrogen-bond donors (Lipinski definition) is 0. The zero-order valence-electron chi connectivity index (χ0n) is 8.98. The van der Waals surface area contributed by atoms with Crippen LogP contribution in [0.4, 0.5) is 0 Å². The van der Waals surface area contributed by atoms with E-state index in [2.05, 4.69) is 4.42 Å². The molecule has 0 aromatic carbocycles. The number of allylic oxidation sites excluding steroid dienone is 1. The summed E-state index contributed by atoms with van der Waals surface area (Å²) in [6, 6.07) is 1.60. The molecule has 0 saturated carbocycles. The Kier molecular flexibility index (Phi) is 3.44. The van der Waals surface area contributed by atoms with Gasteiger partial charge in [0.2, 0.25) is 0 Å². The Balaban J connectivity index is 3.07. The molecule has 0 saturated heterocycles. The van der Waals surface area contributed by atoms with Crippen molar-refractivity contribution in [1.82, 2.24) is 4.90 Å². The Hall–Kier alpha value is -1.84. The molecular weight excluding hydrogens is 194 g/mol. The van der Waals surface area contributed by atoms with Crippen LogP contribution in [-0.2, 0) is 0 Å². The monoisotopic (exact) mass is 207 g/mol. The first-order chi connectivity index (χ1) is 7.02. The van der Waals surface area contributed by atoms with Crippen LogP contribution in [0.5, 0.6) is 0 Å². The fraction of sp³-hybridized carbons (Fsp3) is 0.273. The summed E-state index contributed by atoms with van der Waals surface area (Å²) in [6.45, 7) is 1.70. The van der Waals surface area contributed by atoms with Crippen LogP contribution in [0.1, 0.15) is 15.9 Å². The molecule has 0 fully saturated rings. The first-order valence-electron chi connectivity index (χ1n) is 4.49. The molecule has 0 bridgehead atoms. The minimum atomic E-state index is -0.594. The predicted molar refractivity (Wildman–Crippen MR) is 56.9 cm³/mol. The third kappa shape index (κ3) is 2.80. The molecule has 0 spiro atoms. The molecule has 0 atom stereocenters. The number of nitrogens with zero attached hydrogens (tertiary/aromatic N) is 1. The van der Waals surface area contributed by atoms with Gasteiger partial charge in [-0.1, -0.05) is 0 Å². The molecule has 80 valence electrons. The van der Waals surface area contributed by atoms with Gasteiger partial charge < -0.3 is 9.32 Å². The summed E-state index contributed by atoms with van der Waals surface area (Å²) in [5.74, 6) is -0.337. The van der Waals surface area contributed by atoms with Crippen LogP contribution >= 0.6 is 0 Å². The Bertz CT molecular complexity index is 443. The average Bonchev–Trinajstić information content (AvgIpc) is 2.14. The highest BCUT2D eigenvalue weighted by Gasteiger charge is 2.11. The van der Waals surface area contributed by atoms with Crippen LogP contribution < -0.4 is 5.63 Å². The normalized spacial score (nSPS) is 10.6. The molecule has 15 heavy (non-hydrogen) atoms. The van der Waals surface area contributed by atoms with Crippen LogP contribution in [0.15, 0.2) is 33.8 Å². The number of rotatable bonds is 3. The van der Waals surface area contributed by atoms with Gasteiger partial charge >= 0.3 is 5.63 Å². The SMILES string of the molecule is Cc1ccoc(=O)c1C(=O)C=CN(C)C. The van der Waals surface area contributed by atoms with Gasteiger partial charge in [-0.3, -0.25) is 4.79 Å². The zero-order valence-corrected chi connectivity index (χ0v) is 8.98. The van der Waals surface area contributed by atoms with E-state index < -0.39 is 5.63 Å². The van der Waals surface area contributed by atoms with Crippen molar-refractivity contribution < 1.29 is 9.21 Å². The van der Waals surface area contributed by atoms with E-state index >= 15 is 0 Å². The lowest BCUT2D eigenvalue weighted by Crippen LogP contribution is -2.14. The van der Waals surface area contributed by atoms with Crippen LogP contribution in [0, 0.1) is 6.92 Å². The molecule has 1 heterocycles. The van der Waals surface area contributed by atoms with Gasteiger partial charge in [0.25, 0.3) is 0 Å². The van der Waals surface area contributed by atoms with E-state index in [0.717, 1.165) is 0 Å². The predicted octanol–water partition coefficient (Wildman–Crippen LogP) is 1.21. The van der Waals surface area contributed by atoms with Crippen molar-refractivity contribution in [3.05, 3.63) is 46.2 Å². The summed E-state index contributed by atoms with van der Waals surface area (Å²) in [4.78, 5) is 24.6. The number of carbonyl (C=O) groups is 1. The van der Waals surface area contributed by atoms with Gasteiger partial charge in [0.1, 0.15) is 5.56 Å². The summed E-state index contributed by atoms with van der Waals surface area (Å²) >= 11 is 0. The van der Waals surface area contributed by atoms with Crippen molar-refractivity contribution in [3.63, 3.8) is 0 Å². The first kappa shape index (κ1) is 11.2. The second-order valence-corrected chi connectivity index (χ2v) is 3.41. The standard InChI is InChI=1S/C11H13NO3/c1-8-5-7-15-11(14)10(8)9(13)4-6-12(2)3/h4-7H,1-3H3. The Morgan fingerprint density at radius 1 is 1.47 bits per heavy atom. The molecule has 4 heteroatoms. The maximum absolute atomic E-state index is 11.6. The van der Waals surface area contributed by atoms with E-state index in [-0.39, 0.29) is 11.3 Å². The average molecular weight is 207 g/mol. The molecule has 0 radical (unpaired) electrons. The lowest BCUT2D eigenvalue weighted by atomic mass is 10.1. The van der Waals surface area contributed by atoms with E-state index in [1.165, 1.54) is 12.3 Å². The molecule has 0 amide bonds. The maximum atomic E-state index is 11.6. The highest BCUT2D eigenvalue weighted by molar-refractivity contribution is 6.05. The van der Waals surface area contributed by atoms with Crippen molar-refractivity contribution in [3.8, 4) is 0 Å². The zero-order chi connectivity index (χ0) is 11.4. The van der Waals surface area contributed by atoms with E-state index in [1.54, 1.807) is 38.2 Å². The second-order valence-electron chi connectivity index (χ2n) is 3.41. The minimum Gasteiger partial charge on any atom is -0.431 e. The van der Waals surface area contributed by atoms with Crippen LogP contribution in [0.2, 0.25) is 0 Å². The molecule has 4 nitrogen and oxygen atoms in total. The van der Waals surface area contributed by atoms with Crippen LogP contribution in [0.25, 0.3) is 0 Å². The quantitative estimate of drug-likeness (QED) is 0.552. The largest absolute Gasteiger partial charge is 0.431 e. The van der Waals surface area contributed by atoms with E-state index in [1.807, 2.05) is 0 Å². The third-order valence-electron chi connectivity index (χ3n) is 1.86. The summed E-state index contributed by atoms with van der Waals surface area (Å²) in [5.41, 5.74) is 0.124. The minimum absolute atomic E-state index is 0.0931. The van der Waals surface area contributed by atoms with Gasteiger partial charge in [0.15, 0.2) is 5.78 Å². The van der Waals surface area contributed by atoms with Gasteiger partial charge in [-0.25, -0.2) is 4.79 Å². The summed E-state index contributed by atoms with van der Waals surface area (Å²) in [7, 11) is 3.59. The fourth-order valence-corrected chi connectivity index (χ4v) is 1.10. The third-order valence-corrected chi connectivity index (χ3v) is 1.86. The molecule has 0 N–H and O–H groups in total. The number of aryl methyl sites for hydroxylation is 1. The summed E-state index contributed by atoms with van der Waals surface area (Å²) in [5, 5.41) is 0. The number of hydrogen-bond acceptors (Lipinski definition) is 4. The molecule has 0 aliphatic heterocycles. The molecular formula is C11H13NO3. The number of carbonyl (C=O) groups excluding carboxylic acids is 1. The molecule has 0 aliphatic carbocycles. The first-order valence-corrected chi connectivity index (χ1v) is 4.49. The van der Waals surface area contributed by atoms with Gasteiger partial charge in [0, 0.05) is 26.4 Å². The fourth-order valence-electron chi connectivity index (χ4n) is 1.10. The van der Waals surface area contributed by atoms with Crippen molar-refractivity contribution in [2.24, 2.45) is 0 Å². The van der Waals surface area contributed by atoms with E-state index in [0.29, 0.717) is 5.56 Å². The lowest BCUT2D eigenvalue weighted by Gasteiger charge is -2.03. The maximum Gasteiger partial charge on any atom is 0.347 e. The van der Waals surface area contributed by atoms with Gasteiger partial charge in [-0.2, -0.15) is 0 Å². The van der Waals surface area contributed by atoms with Gasteiger partial charge in [0.05, 0.1) is 6.26 Å². The van der Waals surface area contributed by atoms with Gasteiger partial charge in [-0.05, 0) is 18.6 Å². The lowest BCUT2D eigenvalue weighted by molar-refractivity contribution is 0.104. The molecule has 0 unspecified atom stereocenters. The van der Waals surface area contributed by atoms with E-state index in [4.69, 9.17) is 0 Å². The van der Waals surface area contributed by atoms with Gasteiger partial charge in [-0.15, -0.1) is 0 Å². The molecule has 1 aromatic heterocycles. The van der Waals surface area contributed by atoms with Crippen molar-refractivity contribution >= 4 is 5.78 Å². The summed E-state index contributed by atoms with van der Waals surface area (Å²) in [6.07, 6.45) is 4.22. The van der Waals surface area contributed by atoms with Crippen molar-refractivity contribution in [1.29, 1.82) is 0 Å². The van der Waals surface area contributed by atoms with Crippen molar-refractivity contribution in [2.45, 2.75) is 6.92 Å². The smallest absolute Gasteiger partial charge is 0.347 e. The summed E-state index contributed by atoms with van der Waals surface area (Å²) < 4.78 is 4.64. The Labute approximate surface area is 87.8 Å². The molecule has 1 aromatic rings. The molecule has 1 rings (SSSR count). The highest BCUT2D eigenvalue weighted by atomic mass is 16.4.